The second-order valence-corrected chi connectivity index (χ2v) is 8.88. The van der Waals surface area contributed by atoms with Crippen LogP contribution in [0.25, 0.3) is 0 Å². The van der Waals surface area contributed by atoms with Gasteiger partial charge in [-0.05, 0) is 48.5 Å². The molecule has 1 aromatic heterocycles. The lowest BCUT2D eigenvalue weighted by Gasteiger charge is -2.14. The maximum Gasteiger partial charge on any atom is 0.356 e. The standard InChI is InChI=1S/C22H20N4O6S2/c1-31-15-7-9-16(10-8-15)34(29,30)26-17-11-12-18(22(28)32-2)24-20(17)25-21(27)14-5-3-13(4-6-14)19(23)33/h3-12,26H,1-2H3,(H2,23,33)(H,24,25,27). The average molecular weight is 501 g/mol. The van der Waals surface area contributed by atoms with E-state index in [0.29, 0.717) is 11.3 Å². The normalized spacial score (nSPS) is 10.8. The summed E-state index contributed by atoms with van der Waals surface area (Å²) in [6.45, 7) is 0. The van der Waals surface area contributed by atoms with Crippen molar-refractivity contribution in [2.75, 3.05) is 24.3 Å². The van der Waals surface area contributed by atoms with E-state index in [1.807, 2.05) is 0 Å². The maximum absolute atomic E-state index is 12.9. The Labute approximate surface area is 201 Å². The molecule has 176 valence electrons. The highest BCUT2D eigenvalue weighted by Gasteiger charge is 2.20. The number of thiocarbonyl (C=S) groups is 1. The molecule has 3 aromatic rings. The summed E-state index contributed by atoms with van der Waals surface area (Å²) in [5, 5.41) is 2.52. The lowest BCUT2D eigenvalue weighted by molar-refractivity contribution is 0.0594. The van der Waals surface area contributed by atoms with Crippen LogP contribution in [-0.4, -0.2) is 44.5 Å². The molecule has 0 aliphatic carbocycles. The van der Waals surface area contributed by atoms with Gasteiger partial charge in [0.25, 0.3) is 15.9 Å². The molecule has 0 saturated carbocycles. The Morgan fingerprint density at radius 3 is 2.12 bits per heavy atom. The highest BCUT2D eigenvalue weighted by Crippen LogP contribution is 2.25. The van der Waals surface area contributed by atoms with Gasteiger partial charge in [-0.15, -0.1) is 0 Å². The molecule has 1 amide bonds. The summed E-state index contributed by atoms with van der Waals surface area (Å²) in [4.78, 5) is 28.9. The molecule has 12 heteroatoms. The van der Waals surface area contributed by atoms with Crippen molar-refractivity contribution in [3.8, 4) is 5.75 Å². The lowest BCUT2D eigenvalue weighted by atomic mass is 10.1. The summed E-state index contributed by atoms with van der Waals surface area (Å²) >= 11 is 4.90. The molecular weight excluding hydrogens is 480 g/mol. The van der Waals surface area contributed by atoms with E-state index < -0.39 is 21.9 Å². The number of methoxy groups -OCH3 is 2. The van der Waals surface area contributed by atoms with Crippen molar-refractivity contribution in [1.29, 1.82) is 0 Å². The quantitative estimate of drug-likeness (QED) is 0.313. The number of carbonyl (C=O) groups is 2. The first-order chi connectivity index (χ1) is 16.1. The second-order valence-electron chi connectivity index (χ2n) is 6.76. The van der Waals surface area contributed by atoms with Crippen molar-refractivity contribution in [3.63, 3.8) is 0 Å². The summed E-state index contributed by atoms with van der Waals surface area (Å²) in [6.07, 6.45) is 0. The van der Waals surface area contributed by atoms with Gasteiger partial charge in [0, 0.05) is 11.1 Å². The number of amides is 1. The van der Waals surface area contributed by atoms with Crippen LogP contribution in [-0.2, 0) is 14.8 Å². The third-order valence-electron chi connectivity index (χ3n) is 4.57. The molecule has 0 saturated heterocycles. The number of sulfonamides is 1. The number of nitrogens with zero attached hydrogens (tertiary/aromatic N) is 1. The highest BCUT2D eigenvalue weighted by atomic mass is 32.2. The van der Waals surface area contributed by atoms with E-state index in [4.69, 9.17) is 22.7 Å². The summed E-state index contributed by atoms with van der Waals surface area (Å²) in [5.74, 6) is -1.07. The number of aromatic nitrogens is 1. The molecule has 0 unspecified atom stereocenters. The second kappa shape index (κ2) is 10.3. The predicted molar refractivity (Wildman–Crippen MR) is 130 cm³/mol. The molecule has 0 radical (unpaired) electrons. The highest BCUT2D eigenvalue weighted by molar-refractivity contribution is 7.92. The van der Waals surface area contributed by atoms with Crippen LogP contribution in [0.4, 0.5) is 11.5 Å². The Bertz CT molecular complexity index is 1340. The average Bonchev–Trinajstić information content (AvgIpc) is 2.84. The minimum atomic E-state index is -4.06. The van der Waals surface area contributed by atoms with Gasteiger partial charge >= 0.3 is 5.97 Å². The van der Waals surface area contributed by atoms with Crippen molar-refractivity contribution in [2.24, 2.45) is 5.73 Å². The van der Waals surface area contributed by atoms with Crippen molar-refractivity contribution < 1.29 is 27.5 Å². The molecule has 0 spiro atoms. The van der Waals surface area contributed by atoms with E-state index in [-0.39, 0.29) is 32.6 Å². The summed E-state index contributed by atoms with van der Waals surface area (Å²) in [7, 11) is -1.42. The molecule has 0 atom stereocenters. The van der Waals surface area contributed by atoms with Crippen LogP contribution in [0.3, 0.4) is 0 Å². The number of hydrogen-bond acceptors (Lipinski definition) is 8. The van der Waals surface area contributed by atoms with Gasteiger partial charge < -0.3 is 20.5 Å². The first-order valence-corrected chi connectivity index (χ1v) is 11.5. The summed E-state index contributed by atoms with van der Waals surface area (Å²) in [6, 6.07) is 14.4. The van der Waals surface area contributed by atoms with Crippen molar-refractivity contribution in [2.45, 2.75) is 4.90 Å². The minimum absolute atomic E-state index is 0.0454. The number of nitrogens with two attached hydrogens (primary N) is 1. The molecule has 4 N–H and O–H groups in total. The van der Waals surface area contributed by atoms with E-state index in [1.54, 1.807) is 12.1 Å². The number of ether oxygens (including phenoxy) is 2. The van der Waals surface area contributed by atoms with Crippen LogP contribution >= 0.6 is 12.2 Å². The zero-order valence-electron chi connectivity index (χ0n) is 18.1. The van der Waals surface area contributed by atoms with Crippen LogP contribution in [0.15, 0.2) is 65.6 Å². The fourth-order valence-corrected chi connectivity index (χ4v) is 3.98. The third-order valence-corrected chi connectivity index (χ3v) is 6.18. The first-order valence-electron chi connectivity index (χ1n) is 9.62. The van der Waals surface area contributed by atoms with Gasteiger partial charge in [0.1, 0.15) is 10.7 Å². The van der Waals surface area contributed by atoms with Crippen molar-refractivity contribution >= 4 is 50.6 Å². The van der Waals surface area contributed by atoms with Crippen LogP contribution < -0.4 is 20.5 Å². The fraction of sp³-hybridized carbons (Fsp3) is 0.0909. The number of esters is 1. The zero-order valence-corrected chi connectivity index (χ0v) is 19.7. The summed E-state index contributed by atoms with van der Waals surface area (Å²) < 4.78 is 37.8. The molecule has 0 bridgehead atoms. The smallest absolute Gasteiger partial charge is 0.356 e. The van der Waals surface area contributed by atoms with Gasteiger partial charge in [0.15, 0.2) is 11.5 Å². The van der Waals surface area contributed by atoms with Gasteiger partial charge in [-0.1, -0.05) is 24.4 Å². The molecule has 2 aromatic carbocycles. The number of rotatable bonds is 8. The molecule has 0 aliphatic heterocycles. The van der Waals surface area contributed by atoms with Gasteiger partial charge in [-0.25, -0.2) is 18.2 Å². The molecule has 3 rings (SSSR count). The van der Waals surface area contributed by atoms with E-state index in [2.05, 4.69) is 19.8 Å². The van der Waals surface area contributed by atoms with Gasteiger partial charge in [0.05, 0.1) is 24.8 Å². The van der Waals surface area contributed by atoms with Crippen LogP contribution in [0, 0.1) is 0 Å². The number of pyridine rings is 1. The van der Waals surface area contributed by atoms with Gasteiger partial charge in [0.2, 0.25) is 0 Å². The van der Waals surface area contributed by atoms with Crippen LogP contribution in [0.5, 0.6) is 5.75 Å². The molecule has 1 heterocycles. The summed E-state index contributed by atoms with van der Waals surface area (Å²) in [5.41, 5.74) is 6.19. The molecule has 0 fully saturated rings. The number of carbonyl (C=O) groups excluding carboxylic acids is 2. The van der Waals surface area contributed by atoms with E-state index >= 15 is 0 Å². The fourth-order valence-electron chi connectivity index (χ4n) is 2.78. The van der Waals surface area contributed by atoms with Gasteiger partial charge in [-0.3, -0.25) is 9.52 Å². The monoisotopic (exact) mass is 500 g/mol. The molecule has 34 heavy (non-hydrogen) atoms. The number of benzene rings is 2. The molecule has 10 nitrogen and oxygen atoms in total. The Morgan fingerprint density at radius 2 is 1.56 bits per heavy atom. The lowest BCUT2D eigenvalue weighted by Crippen LogP contribution is -2.19. The number of hydrogen-bond donors (Lipinski definition) is 3. The molecular formula is C22H20N4O6S2. The maximum atomic E-state index is 12.9. The van der Waals surface area contributed by atoms with Crippen molar-refractivity contribution in [3.05, 3.63) is 77.5 Å². The largest absolute Gasteiger partial charge is 0.497 e. The Balaban J connectivity index is 1.94. The number of nitrogens with one attached hydrogen (secondary N) is 2. The van der Waals surface area contributed by atoms with E-state index in [1.165, 1.54) is 62.8 Å². The van der Waals surface area contributed by atoms with Crippen molar-refractivity contribution in [1.82, 2.24) is 4.98 Å². The predicted octanol–water partition coefficient (Wildman–Crippen LogP) is 2.56. The topological polar surface area (TPSA) is 150 Å². The van der Waals surface area contributed by atoms with E-state index in [0.717, 1.165) is 0 Å². The Kier molecular flexibility index (Phi) is 7.44. The SMILES string of the molecule is COC(=O)c1ccc(NS(=O)(=O)c2ccc(OC)cc2)c(NC(=O)c2ccc(C(N)=S)cc2)n1. The van der Waals surface area contributed by atoms with Crippen LogP contribution in [0.1, 0.15) is 26.4 Å². The van der Waals surface area contributed by atoms with Crippen LogP contribution in [0.2, 0.25) is 0 Å². The molecule has 0 aliphatic rings. The Hall–Kier alpha value is -4.03. The number of anilines is 2. The first kappa shape index (κ1) is 24.6. The van der Waals surface area contributed by atoms with Gasteiger partial charge in [-0.2, -0.15) is 0 Å². The Morgan fingerprint density at radius 1 is 0.941 bits per heavy atom. The minimum Gasteiger partial charge on any atom is -0.497 e. The van der Waals surface area contributed by atoms with E-state index in [9.17, 15) is 18.0 Å². The third kappa shape index (κ3) is 5.66. The zero-order chi connectivity index (χ0) is 24.9.